The fourth-order valence-electron chi connectivity index (χ4n) is 1.78. The van der Waals surface area contributed by atoms with Crippen LogP contribution >= 0.6 is 23.4 Å². The number of benzene rings is 1. The summed E-state index contributed by atoms with van der Waals surface area (Å²) in [6.45, 7) is 0. The Balaban J connectivity index is 1.61. The number of aromatic nitrogens is 1. The van der Waals surface area contributed by atoms with Crippen molar-refractivity contribution in [2.45, 2.75) is 12.8 Å². The third-order valence-electron chi connectivity index (χ3n) is 2.81. The smallest absolute Gasteiger partial charge is 0.225 e. The number of amides is 1. The third kappa shape index (κ3) is 6.19. The van der Waals surface area contributed by atoms with E-state index in [9.17, 15) is 4.79 Å². The second-order valence-electron chi connectivity index (χ2n) is 4.49. The molecule has 1 aromatic carbocycles. The molecule has 0 saturated heterocycles. The fourth-order valence-corrected chi connectivity index (χ4v) is 2.86. The summed E-state index contributed by atoms with van der Waals surface area (Å²) in [7, 11) is 0. The van der Waals surface area contributed by atoms with Gasteiger partial charge in [-0.2, -0.15) is 11.8 Å². The molecule has 0 fully saturated rings. The number of aryl methyl sites for hydroxylation is 1. The molecule has 1 N–H and O–H groups in total. The van der Waals surface area contributed by atoms with Crippen molar-refractivity contribution < 1.29 is 4.79 Å². The van der Waals surface area contributed by atoms with Crippen molar-refractivity contribution in [1.29, 1.82) is 0 Å². The van der Waals surface area contributed by atoms with Crippen LogP contribution in [0.25, 0.3) is 0 Å². The molecule has 0 spiro atoms. The van der Waals surface area contributed by atoms with Crippen molar-refractivity contribution in [2.24, 2.45) is 0 Å². The molecule has 0 aliphatic rings. The quantitative estimate of drug-likeness (QED) is 0.783. The number of halogens is 1. The first-order chi connectivity index (χ1) is 10.2. The van der Waals surface area contributed by atoms with Gasteiger partial charge in [-0.25, -0.2) is 0 Å². The molecule has 0 atom stereocenters. The SMILES string of the molecule is O=C(CCSCCc1ccccn1)Nc1cccc(Cl)c1. The highest BCUT2D eigenvalue weighted by Crippen LogP contribution is 2.15. The van der Waals surface area contributed by atoms with E-state index < -0.39 is 0 Å². The lowest BCUT2D eigenvalue weighted by atomic mass is 10.3. The zero-order valence-electron chi connectivity index (χ0n) is 11.6. The minimum absolute atomic E-state index is 0.0163. The molecule has 5 heteroatoms. The zero-order valence-corrected chi connectivity index (χ0v) is 13.2. The van der Waals surface area contributed by atoms with Crippen LogP contribution in [-0.4, -0.2) is 22.4 Å². The Kier molecular flexibility index (Phi) is 6.57. The Morgan fingerprint density at radius 2 is 2.10 bits per heavy atom. The van der Waals surface area contributed by atoms with Crippen LogP contribution in [0.5, 0.6) is 0 Å². The van der Waals surface area contributed by atoms with E-state index in [1.54, 1.807) is 30.1 Å². The summed E-state index contributed by atoms with van der Waals surface area (Å²) in [5.74, 6) is 1.79. The number of anilines is 1. The van der Waals surface area contributed by atoms with Crippen LogP contribution in [0.1, 0.15) is 12.1 Å². The van der Waals surface area contributed by atoms with Crippen LogP contribution in [0.15, 0.2) is 48.7 Å². The number of carbonyl (C=O) groups is 1. The zero-order chi connectivity index (χ0) is 14.9. The van der Waals surface area contributed by atoms with Gasteiger partial charge in [-0.15, -0.1) is 0 Å². The van der Waals surface area contributed by atoms with E-state index in [2.05, 4.69) is 10.3 Å². The van der Waals surface area contributed by atoms with Gasteiger partial charge in [0.15, 0.2) is 0 Å². The Morgan fingerprint density at radius 3 is 2.86 bits per heavy atom. The highest BCUT2D eigenvalue weighted by Gasteiger charge is 2.03. The van der Waals surface area contributed by atoms with E-state index in [0.29, 0.717) is 11.4 Å². The molecule has 3 nitrogen and oxygen atoms in total. The maximum absolute atomic E-state index is 11.8. The van der Waals surface area contributed by atoms with E-state index in [1.807, 2.05) is 30.3 Å². The van der Waals surface area contributed by atoms with Gasteiger partial charge in [-0.1, -0.05) is 23.7 Å². The summed E-state index contributed by atoms with van der Waals surface area (Å²) in [5, 5.41) is 3.47. The van der Waals surface area contributed by atoms with Crippen LogP contribution in [0.3, 0.4) is 0 Å². The Morgan fingerprint density at radius 1 is 1.19 bits per heavy atom. The van der Waals surface area contributed by atoms with Crippen molar-refractivity contribution in [3.05, 3.63) is 59.4 Å². The molecule has 2 aromatic rings. The first kappa shape index (κ1) is 15.9. The number of hydrogen-bond donors (Lipinski definition) is 1. The molecule has 0 aliphatic heterocycles. The average Bonchev–Trinajstić information content (AvgIpc) is 2.48. The number of thioether (sulfide) groups is 1. The van der Waals surface area contributed by atoms with E-state index >= 15 is 0 Å². The number of rotatable bonds is 7. The van der Waals surface area contributed by atoms with Gasteiger partial charge in [-0.3, -0.25) is 9.78 Å². The predicted octanol–water partition coefficient (Wildman–Crippen LogP) is 4.04. The molecular weight excluding hydrogens is 304 g/mol. The molecule has 21 heavy (non-hydrogen) atoms. The molecule has 0 unspecified atom stereocenters. The topological polar surface area (TPSA) is 42.0 Å². The normalized spacial score (nSPS) is 10.3. The van der Waals surface area contributed by atoms with Crippen molar-refractivity contribution in [1.82, 2.24) is 4.98 Å². The van der Waals surface area contributed by atoms with Gasteiger partial charge in [0.25, 0.3) is 0 Å². The Hall–Kier alpha value is -1.52. The minimum atomic E-state index is 0.0163. The number of hydrogen-bond acceptors (Lipinski definition) is 3. The monoisotopic (exact) mass is 320 g/mol. The first-order valence-corrected chi connectivity index (χ1v) is 8.30. The largest absolute Gasteiger partial charge is 0.326 e. The van der Waals surface area contributed by atoms with E-state index in [0.717, 1.165) is 29.3 Å². The van der Waals surface area contributed by atoms with Crippen LogP contribution in [0.4, 0.5) is 5.69 Å². The third-order valence-corrected chi connectivity index (χ3v) is 4.03. The maximum Gasteiger partial charge on any atom is 0.225 e. The molecule has 1 aromatic heterocycles. The van der Waals surface area contributed by atoms with Crippen LogP contribution < -0.4 is 5.32 Å². The predicted molar refractivity (Wildman–Crippen MR) is 90.0 cm³/mol. The van der Waals surface area contributed by atoms with Gasteiger partial charge in [-0.05, 0) is 42.5 Å². The highest BCUT2D eigenvalue weighted by molar-refractivity contribution is 7.99. The summed E-state index contributed by atoms with van der Waals surface area (Å²) >= 11 is 7.63. The first-order valence-electron chi connectivity index (χ1n) is 6.77. The molecule has 2 rings (SSSR count). The molecule has 110 valence electrons. The molecule has 0 radical (unpaired) electrons. The van der Waals surface area contributed by atoms with Gasteiger partial charge in [0.05, 0.1) is 0 Å². The van der Waals surface area contributed by atoms with E-state index in [4.69, 9.17) is 11.6 Å². The number of pyridine rings is 1. The lowest BCUT2D eigenvalue weighted by Crippen LogP contribution is -2.12. The van der Waals surface area contributed by atoms with E-state index in [-0.39, 0.29) is 5.91 Å². The van der Waals surface area contributed by atoms with Crippen molar-refractivity contribution in [2.75, 3.05) is 16.8 Å². The number of nitrogens with one attached hydrogen (secondary N) is 1. The number of nitrogens with zero attached hydrogens (tertiary/aromatic N) is 1. The second-order valence-corrected chi connectivity index (χ2v) is 6.15. The molecule has 0 saturated carbocycles. The molecule has 0 bridgehead atoms. The minimum Gasteiger partial charge on any atom is -0.326 e. The van der Waals surface area contributed by atoms with Crippen LogP contribution in [0, 0.1) is 0 Å². The van der Waals surface area contributed by atoms with Crippen molar-refractivity contribution in [3.63, 3.8) is 0 Å². The summed E-state index contributed by atoms with van der Waals surface area (Å²) < 4.78 is 0. The van der Waals surface area contributed by atoms with Crippen LogP contribution in [0.2, 0.25) is 5.02 Å². The average molecular weight is 321 g/mol. The lowest BCUT2D eigenvalue weighted by Gasteiger charge is -2.05. The fraction of sp³-hybridized carbons (Fsp3) is 0.250. The van der Waals surface area contributed by atoms with Crippen molar-refractivity contribution >= 4 is 35.0 Å². The maximum atomic E-state index is 11.8. The number of carbonyl (C=O) groups excluding carboxylic acids is 1. The molecule has 0 aliphatic carbocycles. The molecule has 1 amide bonds. The molecular formula is C16H17ClN2OS. The Labute approximate surface area is 134 Å². The van der Waals surface area contributed by atoms with Gasteiger partial charge in [0.2, 0.25) is 5.91 Å². The van der Waals surface area contributed by atoms with Gasteiger partial charge in [0.1, 0.15) is 0 Å². The summed E-state index contributed by atoms with van der Waals surface area (Å²) in [6.07, 6.45) is 3.24. The van der Waals surface area contributed by atoms with Gasteiger partial charge in [0, 0.05) is 34.8 Å². The summed E-state index contributed by atoms with van der Waals surface area (Å²) in [6, 6.07) is 13.1. The van der Waals surface area contributed by atoms with Crippen LogP contribution in [-0.2, 0) is 11.2 Å². The second kappa shape index (κ2) is 8.70. The summed E-state index contributed by atoms with van der Waals surface area (Å²) in [4.78, 5) is 16.0. The highest BCUT2D eigenvalue weighted by atomic mass is 35.5. The standard InChI is InChI=1S/C16H17ClN2OS/c17-13-4-3-6-15(12-13)19-16(20)8-11-21-10-7-14-5-1-2-9-18-14/h1-6,9,12H,7-8,10-11H2,(H,19,20). The van der Waals surface area contributed by atoms with Gasteiger partial charge >= 0.3 is 0 Å². The lowest BCUT2D eigenvalue weighted by molar-refractivity contribution is -0.115. The summed E-state index contributed by atoms with van der Waals surface area (Å²) in [5.41, 5.74) is 1.83. The van der Waals surface area contributed by atoms with Gasteiger partial charge < -0.3 is 5.32 Å². The molecule has 1 heterocycles. The Bertz CT molecular complexity index is 577. The van der Waals surface area contributed by atoms with E-state index in [1.165, 1.54) is 0 Å². The van der Waals surface area contributed by atoms with Crippen molar-refractivity contribution in [3.8, 4) is 0 Å².